The molecular weight excluding hydrogens is 603 g/mol. The highest BCUT2D eigenvalue weighted by Crippen LogP contribution is 2.37. The number of rotatable bonds is 8. The number of halogens is 3. The fourth-order valence-corrected chi connectivity index (χ4v) is 6.10. The highest BCUT2D eigenvalue weighted by atomic mass is 19.4. The van der Waals surface area contributed by atoms with Crippen LogP contribution in [0.5, 0.6) is 0 Å². The first-order chi connectivity index (χ1) is 22.2. The molecule has 4 aromatic carbocycles. The van der Waals surface area contributed by atoms with E-state index in [0.29, 0.717) is 36.7 Å². The second kappa shape index (κ2) is 13.9. The summed E-state index contributed by atoms with van der Waals surface area (Å²) in [5, 5.41) is 1.70. The van der Waals surface area contributed by atoms with Gasteiger partial charge in [-0.1, -0.05) is 55.5 Å². The molecular formula is C39H42F3NO4. The molecule has 1 atom stereocenters. The Morgan fingerprint density at radius 2 is 1.47 bits per heavy atom. The standard InChI is InChI=1S/C39H42F3NO4/c1-6-46-37(45)32-22-31-21-30(27-11-14-33(15-12-27)39(40,41)42)13-16-34(31)35(23-32)29-9-7-26(8-10-29)28-17-19-43(20-18-28)36(44)25(2)24-47-38(3,4)5/h7-16,21-23,25,28H,6,17-20,24H2,1-5H3. The number of fused-ring (bicyclic) bond motifs is 1. The third-order valence-electron chi connectivity index (χ3n) is 8.70. The zero-order valence-corrected chi connectivity index (χ0v) is 27.6. The van der Waals surface area contributed by atoms with E-state index < -0.39 is 17.7 Å². The number of esters is 1. The number of ether oxygens (including phenoxy) is 2. The van der Waals surface area contributed by atoms with Gasteiger partial charge in [-0.05, 0) is 115 Å². The fraction of sp³-hybridized carbons (Fsp3) is 0.385. The lowest BCUT2D eigenvalue weighted by atomic mass is 9.87. The Bertz CT molecular complexity index is 1720. The van der Waals surface area contributed by atoms with E-state index in [1.807, 2.05) is 56.9 Å². The molecule has 1 heterocycles. The Morgan fingerprint density at radius 3 is 2.06 bits per heavy atom. The van der Waals surface area contributed by atoms with E-state index in [4.69, 9.17) is 9.47 Å². The first kappa shape index (κ1) is 34.2. The molecule has 1 aliphatic rings. The van der Waals surface area contributed by atoms with Crippen LogP contribution >= 0.6 is 0 Å². The number of carbonyl (C=O) groups excluding carboxylic acids is 2. The van der Waals surface area contributed by atoms with Crippen LogP contribution in [0.2, 0.25) is 0 Å². The molecule has 1 amide bonds. The van der Waals surface area contributed by atoms with Crippen molar-refractivity contribution in [1.29, 1.82) is 0 Å². The third kappa shape index (κ3) is 8.22. The summed E-state index contributed by atoms with van der Waals surface area (Å²) < 4.78 is 50.5. The molecule has 5 nitrogen and oxygen atoms in total. The molecule has 0 bridgehead atoms. The molecule has 0 radical (unpaired) electrons. The van der Waals surface area contributed by atoms with E-state index in [-0.39, 0.29) is 24.0 Å². The summed E-state index contributed by atoms with van der Waals surface area (Å²) in [5.74, 6) is -0.148. The van der Waals surface area contributed by atoms with Gasteiger partial charge in [-0.2, -0.15) is 13.2 Å². The minimum atomic E-state index is -4.41. The van der Waals surface area contributed by atoms with Crippen molar-refractivity contribution in [2.24, 2.45) is 5.92 Å². The maximum absolute atomic E-state index is 13.1. The van der Waals surface area contributed by atoms with Crippen LogP contribution in [0.1, 0.15) is 74.9 Å². The predicted octanol–water partition coefficient (Wildman–Crippen LogP) is 9.53. The van der Waals surface area contributed by atoms with Crippen molar-refractivity contribution < 1.29 is 32.2 Å². The topological polar surface area (TPSA) is 55.8 Å². The van der Waals surface area contributed by atoms with E-state index in [1.54, 1.807) is 13.0 Å². The van der Waals surface area contributed by atoms with Crippen LogP contribution in [0.3, 0.4) is 0 Å². The van der Waals surface area contributed by atoms with E-state index >= 15 is 0 Å². The van der Waals surface area contributed by atoms with E-state index in [2.05, 4.69) is 24.3 Å². The second-order valence-electron chi connectivity index (χ2n) is 13.3. The highest BCUT2D eigenvalue weighted by molar-refractivity contribution is 6.04. The van der Waals surface area contributed by atoms with Gasteiger partial charge in [0.05, 0.1) is 35.9 Å². The Morgan fingerprint density at radius 1 is 0.851 bits per heavy atom. The zero-order chi connectivity index (χ0) is 33.9. The van der Waals surface area contributed by atoms with Gasteiger partial charge in [-0.3, -0.25) is 4.79 Å². The van der Waals surface area contributed by atoms with Gasteiger partial charge >= 0.3 is 12.1 Å². The zero-order valence-electron chi connectivity index (χ0n) is 27.6. The van der Waals surface area contributed by atoms with Gasteiger partial charge in [-0.25, -0.2) is 4.79 Å². The van der Waals surface area contributed by atoms with Crippen molar-refractivity contribution in [1.82, 2.24) is 4.90 Å². The molecule has 0 saturated carbocycles. The Hall–Kier alpha value is -4.17. The number of hydrogen-bond acceptors (Lipinski definition) is 4. The van der Waals surface area contributed by atoms with Crippen LogP contribution in [0, 0.1) is 5.92 Å². The molecule has 4 aromatic rings. The largest absolute Gasteiger partial charge is 0.462 e. The molecule has 1 unspecified atom stereocenters. The second-order valence-corrected chi connectivity index (χ2v) is 13.3. The fourth-order valence-electron chi connectivity index (χ4n) is 6.10. The Balaban J connectivity index is 1.36. The number of benzene rings is 4. The summed E-state index contributed by atoms with van der Waals surface area (Å²) in [4.78, 5) is 27.8. The third-order valence-corrected chi connectivity index (χ3v) is 8.70. The summed E-state index contributed by atoms with van der Waals surface area (Å²) in [6.07, 6.45) is -2.64. The lowest BCUT2D eigenvalue weighted by molar-refractivity contribution is -0.140. The smallest absolute Gasteiger partial charge is 0.416 e. The van der Waals surface area contributed by atoms with Crippen LogP contribution < -0.4 is 0 Å². The van der Waals surface area contributed by atoms with Gasteiger partial charge in [-0.15, -0.1) is 0 Å². The van der Waals surface area contributed by atoms with Crippen molar-refractivity contribution in [3.8, 4) is 22.3 Å². The summed E-state index contributed by atoms with van der Waals surface area (Å²) in [5.41, 5.74) is 3.83. The Labute approximate surface area is 274 Å². The van der Waals surface area contributed by atoms with Crippen LogP contribution in [0.4, 0.5) is 13.2 Å². The van der Waals surface area contributed by atoms with E-state index in [0.717, 1.165) is 52.4 Å². The summed E-state index contributed by atoms with van der Waals surface area (Å²) in [6.45, 7) is 11.7. The van der Waals surface area contributed by atoms with Crippen LogP contribution in [-0.2, 0) is 20.4 Å². The average molecular weight is 646 g/mol. The molecule has 47 heavy (non-hydrogen) atoms. The van der Waals surface area contributed by atoms with Crippen molar-refractivity contribution in [3.05, 3.63) is 95.6 Å². The molecule has 0 aromatic heterocycles. The summed E-state index contributed by atoms with van der Waals surface area (Å²) in [7, 11) is 0. The summed E-state index contributed by atoms with van der Waals surface area (Å²) >= 11 is 0. The molecule has 1 aliphatic heterocycles. The number of hydrogen-bond donors (Lipinski definition) is 0. The van der Waals surface area contributed by atoms with Crippen molar-refractivity contribution >= 4 is 22.6 Å². The molecule has 5 rings (SSSR count). The number of nitrogens with zero attached hydrogens (tertiary/aromatic N) is 1. The Kier molecular flexibility index (Phi) is 10.1. The van der Waals surface area contributed by atoms with E-state index in [9.17, 15) is 22.8 Å². The molecule has 8 heteroatoms. The van der Waals surface area contributed by atoms with Crippen LogP contribution in [0.25, 0.3) is 33.0 Å². The van der Waals surface area contributed by atoms with Crippen LogP contribution in [0.15, 0.2) is 78.9 Å². The number of amides is 1. The van der Waals surface area contributed by atoms with Gasteiger partial charge in [0.15, 0.2) is 0 Å². The van der Waals surface area contributed by atoms with E-state index in [1.165, 1.54) is 17.7 Å². The molecule has 1 fully saturated rings. The maximum atomic E-state index is 13.1. The van der Waals surface area contributed by atoms with Gasteiger partial charge in [0.1, 0.15) is 0 Å². The molecule has 248 valence electrons. The number of likely N-dealkylation sites (tertiary alicyclic amines) is 1. The average Bonchev–Trinajstić information content (AvgIpc) is 3.05. The molecule has 1 saturated heterocycles. The SMILES string of the molecule is CCOC(=O)c1cc(-c2ccc(C3CCN(C(=O)C(C)COC(C)(C)C)CC3)cc2)c2ccc(-c3ccc(C(F)(F)F)cc3)cc2c1. The molecule has 0 aliphatic carbocycles. The van der Waals surface area contributed by atoms with Gasteiger partial charge in [0.2, 0.25) is 5.91 Å². The quantitative estimate of drug-likeness (QED) is 0.179. The number of alkyl halides is 3. The van der Waals surface area contributed by atoms with Crippen molar-refractivity contribution in [2.75, 3.05) is 26.3 Å². The number of piperidine rings is 1. The van der Waals surface area contributed by atoms with Crippen LogP contribution in [-0.4, -0.2) is 48.7 Å². The lowest BCUT2D eigenvalue weighted by Crippen LogP contribution is -2.42. The van der Waals surface area contributed by atoms with Crippen molar-refractivity contribution in [3.63, 3.8) is 0 Å². The minimum Gasteiger partial charge on any atom is -0.462 e. The lowest BCUT2D eigenvalue weighted by Gasteiger charge is -2.34. The minimum absolute atomic E-state index is 0.137. The molecule has 0 N–H and O–H groups in total. The first-order valence-electron chi connectivity index (χ1n) is 16.2. The van der Waals surface area contributed by atoms with Gasteiger partial charge in [0.25, 0.3) is 0 Å². The molecule has 0 spiro atoms. The van der Waals surface area contributed by atoms with Gasteiger partial charge < -0.3 is 14.4 Å². The summed E-state index contributed by atoms with van der Waals surface area (Å²) in [6, 6.07) is 22.8. The normalized spacial score (nSPS) is 15.1. The highest BCUT2D eigenvalue weighted by Gasteiger charge is 2.30. The first-order valence-corrected chi connectivity index (χ1v) is 16.2. The van der Waals surface area contributed by atoms with Gasteiger partial charge in [0, 0.05) is 13.1 Å². The predicted molar refractivity (Wildman–Crippen MR) is 179 cm³/mol. The van der Waals surface area contributed by atoms with Crippen molar-refractivity contribution in [2.45, 2.75) is 65.2 Å². The number of carbonyl (C=O) groups is 2. The maximum Gasteiger partial charge on any atom is 0.416 e. The monoisotopic (exact) mass is 645 g/mol.